The van der Waals surface area contributed by atoms with Crippen LogP contribution in [0.2, 0.25) is 0 Å². The van der Waals surface area contributed by atoms with Gasteiger partial charge in [0.15, 0.2) is 0 Å². The van der Waals surface area contributed by atoms with Crippen LogP contribution in [0.5, 0.6) is 0 Å². The maximum absolute atomic E-state index is 4.21. The third-order valence-electron chi connectivity index (χ3n) is 1.86. The molecule has 0 aromatic carbocycles. The van der Waals surface area contributed by atoms with E-state index in [9.17, 15) is 0 Å². The minimum Gasteiger partial charge on any atom is -0.328 e. The van der Waals surface area contributed by atoms with Crippen molar-refractivity contribution in [3.05, 3.63) is 23.5 Å². The average molecular weight is 166 g/mol. The van der Waals surface area contributed by atoms with E-state index in [0.717, 1.165) is 5.69 Å². The van der Waals surface area contributed by atoms with Crippen LogP contribution < -0.4 is 4.72 Å². The lowest BCUT2D eigenvalue weighted by atomic mass is 10.1. The summed E-state index contributed by atoms with van der Waals surface area (Å²) in [5.74, 6) is 0. The molecule has 0 saturated carbocycles. The molecule has 0 radical (unpaired) electrons. The summed E-state index contributed by atoms with van der Waals surface area (Å²) in [6.07, 6.45) is 1.90. The number of anilines is 1. The Bertz CT molecular complexity index is 285. The smallest absolute Gasteiger partial charge is 0.0670 e. The van der Waals surface area contributed by atoms with E-state index in [1.807, 2.05) is 13.1 Å². The highest BCUT2D eigenvalue weighted by Crippen LogP contribution is 2.40. The van der Waals surface area contributed by atoms with Crippen LogP contribution in [0, 0.1) is 6.92 Å². The first-order valence-electron chi connectivity index (χ1n) is 3.65. The second-order valence-corrected chi connectivity index (χ2v) is 3.92. The summed E-state index contributed by atoms with van der Waals surface area (Å²) < 4.78 is 3.23. The van der Waals surface area contributed by atoms with E-state index >= 15 is 0 Å². The number of hydrogen-bond donors (Lipinski definition) is 1. The second-order valence-electron chi connectivity index (χ2n) is 2.78. The highest BCUT2D eigenvalue weighted by atomic mass is 32.2. The van der Waals surface area contributed by atoms with E-state index < -0.39 is 0 Å². The average Bonchev–Trinajstić information content (AvgIpc) is 2.33. The Balaban J connectivity index is 2.52. The quantitative estimate of drug-likeness (QED) is 0.599. The van der Waals surface area contributed by atoms with E-state index in [4.69, 9.17) is 0 Å². The Morgan fingerprint density at radius 2 is 2.45 bits per heavy atom. The molecule has 0 amide bonds. The van der Waals surface area contributed by atoms with Crippen LogP contribution in [0.25, 0.3) is 0 Å². The Morgan fingerprint density at radius 1 is 1.64 bits per heavy atom. The van der Waals surface area contributed by atoms with Gasteiger partial charge in [0.25, 0.3) is 0 Å². The Morgan fingerprint density at radius 3 is 3.27 bits per heavy atom. The topological polar surface area (TPSA) is 24.9 Å². The molecule has 0 fully saturated rings. The van der Waals surface area contributed by atoms with Gasteiger partial charge in [-0.2, -0.15) is 0 Å². The van der Waals surface area contributed by atoms with Crippen LogP contribution in [0.4, 0.5) is 5.69 Å². The molecule has 0 saturated heterocycles. The molecule has 1 aliphatic heterocycles. The zero-order valence-electron chi connectivity index (χ0n) is 6.59. The first-order valence-corrected chi connectivity index (χ1v) is 4.53. The molecule has 1 aliphatic rings. The van der Waals surface area contributed by atoms with Crippen molar-refractivity contribution in [3.63, 3.8) is 0 Å². The maximum atomic E-state index is 4.21. The number of aromatic nitrogens is 1. The minimum absolute atomic E-state index is 0.562. The molecule has 1 atom stereocenters. The number of fused-ring (bicyclic) bond motifs is 1. The predicted molar refractivity (Wildman–Crippen MR) is 48.6 cm³/mol. The van der Waals surface area contributed by atoms with Crippen LogP contribution >= 0.6 is 11.9 Å². The number of nitrogens with one attached hydrogen (secondary N) is 1. The third kappa shape index (κ3) is 1.09. The van der Waals surface area contributed by atoms with Gasteiger partial charge in [0.2, 0.25) is 0 Å². The fourth-order valence-corrected chi connectivity index (χ4v) is 2.01. The zero-order chi connectivity index (χ0) is 7.84. The van der Waals surface area contributed by atoms with Crippen molar-refractivity contribution in [2.75, 3.05) is 4.72 Å². The van der Waals surface area contributed by atoms with Crippen LogP contribution in [0.1, 0.15) is 23.4 Å². The van der Waals surface area contributed by atoms with Gasteiger partial charge in [-0.05, 0) is 37.4 Å². The summed E-state index contributed by atoms with van der Waals surface area (Å²) >= 11 is 1.74. The van der Waals surface area contributed by atoms with Gasteiger partial charge in [-0.15, -0.1) is 0 Å². The second kappa shape index (κ2) is 2.41. The van der Waals surface area contributed by atoms with Crippen molar-refractivity contribution in [1.29, 1.82) is 0 Å². The van der Waals surface area contributed by atoms with Gasteiger partial charge >= 0.3 is 0 Å². The molecular weight excluding hydrogens is 156 g/mol. The molecule has 1 aromatic rings. The van der Waals surface area contributed by atoms with Gasteiger partial charge in [0.05, 0.1) is 11.9 Å². The van der Waals surface area contributed by atoms with Gasteiger partial charge in [-0.1, -0.05) is 0 Å². The van der Waals surface area contributed by atoms with Crippen molar-refractivity contribution in [3.8, 4) is 0 Å². The lowest BCUT2D eigenvalue weighted by Crippen LogP contribution is -1.86. The number of nitrogens with zero attached hydrogens (tertiary/aromatic N) is 1. The molecule has 2 heterocycles. The molecular formula is C8H10N2S. The Kier molecular flexibility index (Phi) is 1.53. The van der Waals surface area contributed by atoms with Gasteiger partial charge < -0.3 is 4.72 Å². The third-order valence-corrected chi connectivity index (χ3v) is 2.80. The standard InChI is InChI=1S/C8H10N2S/c1-5-3-7-6(2)11-10-8(7)4-9-5/h3-4,6,10H,1-2H3/t6-/m1/s1. The highest BCUT2D eigenvalue weighted by Gasteiger charge is 2.18. The first-order chi connectivity index (χ1) is 5.27. The van der Waals surface area contributed by atoms with E-state index in [-0.39, 0.29) is 0 Å². The van der Waals surface area contributed by atoms with Gasteiger partial charge in [-0.3, -0.25) is 4.98 Å². The zero-order valence-corrected chi connectivity index (χ0v) is 7.40. The number of rotatable bonds is 0. The molecule has 2 rings (SSSR count). The SMILES string of the molecule is Cc1cc2c(cn1)NS[C@@H]2C. The molecule has 1 aromatic heterocycles. The summed E-state index contributed by atoms with van der Waals surface area (Å²) in [5.41, 5.74) is 3.65. The van der Waals surface area contributed by atoms with Gasteiger partial charge in [-0.25, -0.2) is 0 Å². The number of hydrogen-bond acceptors (Lipinski definition) is 3. The van der Waals surface area contributed by atoms with Crippen LogP contribution in [0.15, 0.2) is 12.3 Å². The normalized spacial score (nSPS) is 21.1. The monoisotopic (exact) mass is 166 g/mol. The summed E-state index contributed by atoms with van der Waals surface area (Å²) in [5, 5.41) is 0.562. The van der Waals surface area contributed by atoms with E-state index in [1.54, 1.807) is 11.9 Å². The molecule has 0 spiro atoms. The molecule has 0 bridgehead atoms. The predicted octanol–water partition coefficient (Wildman–Crippen LogP) is 2.52. The van der Waals surface area contributed by atoms with Crippen molar-refractivity contribution in [2.24, 2.45) is 0 Å². The van der Waals surface area contributed by atoms with Crippen molar-refractivity contribution in [1.82, 2.24) is 4.98 Å². The van der Waals surface area contributed by atoms with E-state index in [2.05, 4.69) is 22.7 Å². The maximum Gasteiger partial charge on any atom is 0.0670 e. The lowest BCUT2D eigenvalue weighted by molar-refractivity contribution is 1.09. The van der Waals surface area contributed by atoms with E-state index in [1.165, 1.54) is 11.3 Å². The molecule has 3 heteroatoms. The molecule has 11 heavy (non-hydrogen) atoms. The largest absolute Gasteiger partial charge is 0.328 e. The number of aryl methyl sites for hydroxylation is 1. The Labute approximate surface area is 70.5 Å². The highest BCUT2D eigenvalue weighted by molar-refractivity contribution is 8.01. The minimum atomic E-state index is 0.562. The lowest BCUT2D eigenvalue weighted by Gasteiger charge is -2.00. The van der Waals surface area contributed by atoms with Crippen LogP contribution in [-0.4, -0.2) is 4.98 Å². The Hall–Kier alpha value is -0.700. The van der Waals surface area contributed by atoms with Crippen molar-refractivity contribution in [2.45, 2.75) is 19.1 Å². The first kappa shape index (κ1) is 6.98. The summed E-state index contributed by atoms with van der Waals surface area (Å²) in [6.45, 7) is 4.22. The molecule has 58 valence electrons. The van der Waals surface area contributed by atoms with Crippen LogP contribution in [0.3, 0.4) is 0 Å². The van der Waals surface area contributed by atoms with Crippen LogP contribution in [-0.2, 0) is 0 Å². The summed E-state index contributed by atoms with van der Waals surface area (Å²) in [7, 11) is 0. The molecule has 1 N–H and O–H groups in total. The fraction of sp³-hybridized carbons (Fsp3) is 0.375. The molecule has 0 unspecified atom stereocenters. The number of pyridine rings is 1. The molecule has 2 nitrogen and oxygen atoms in total. The van der Waals surface area contributed by atoms with Crippen molar-refractivity contribution < 1.29 is 0 Å². The van der Waals surface area contributed by atoms with Crippen molar-refractivity contribution >= 4 is 17.6 Å². The van der Waals surface area contributed by atoms with Gasteiger partial charge in [0, 0.05) is 10.9 Å². The fourth-order valence-electron chi connectivity index (χ4n) is 1.22. The van der Waals surface area contributed by atoms with E-state index in [0.29, 0.717) is 5.25 Å². The van der Waals surface area contributed by atoms with Gasteiger partial charge in [0.1, 0.15) is 0 Å². The summed E-state index contributed by atoms with van der Waals surface area (Å²) in [4.78, 5) is 4.21. The summed E-state index contributed by atoms with van der Waals surface area (Å²) in [6, 6.07) is 2.15. The molecule has 0 aliphatic carbocycles.